The zero-order valence-corrected chi connectivity index (χ0v) is 25.4. The van der Waals surface area contributed by atoms with Crippen LogP contribution in [-0.2, 0) is 38.7 Å². The minimum absolute atomic E-state index is 0.0600. The van der Waals surface area contributed by atoms with Crippen molar-refractivity contribution in [2.75, 3.05) is 6.54 Å². The van der Waals surface area contributed by atoms with Gasteiger partial charge in [-0.05, 0) is 46.5 Å². The molecule has 6 rings (SSSR count). The van der Waals surface area contributed by atoms with Crippen LogP contribution in [0.5, 0.6) is 5.75 Å². The summed E-state index contributed by atoms with van der Waals surface area (Å²) in [5.41, 5.74) is 0.596. The molecule has 3 atom stereocenters. The molecular formula is C36H36N4O5. The van der Waals surface area contributed by atoms with E-state index in [2.05, 4.69) is 10.6 Å². The highest BCUT2D eigenvalue weighted by molar-refractivity contribution is 6.13. The quantitative estimate of drug-likeness (QED) is 0.179. The molecule has 2 aliphatic heterocycles. The van der Waals surface area contributed by atoms with Gasteiger partial charge in [0.05, 0.1) is 6.04 Å². The summed E-state index contributed by atoms with van der Waals surface area (Å²) in [5, 5.41) is 8.53. The lowest BCUT2D eigenvalue weighted by Crippen LogP contribution is -2.82. The maximum Gasteiger partial charge on any atom is 0.308 e. The Kier molecular flexibility index (Phi) is 8.36. The summed E-state index contributed by atoms with van der Waals surface area (Å²) in [6.07, 6.45) is -0.476. The number of hydrogen-bond donors (Lipinski definition) is 2. The van der Waals surface area contributed by atoms with Crippen LogP contribution in [0, 0.1) is 0 Å². The number of amides is 3. The number of fused-ring (bicyclic) bond motifs is 2. The van der Waals surface area contributed by atoms with Crippen molar-refractivity contribution in [3.63, 3.8) is 0 Å². The van der Waals surface area contributed by atoms with Crippen molar-refractivity contribution in [2.24, 2.45) is 0 Å². The zero-order chi connectivity index (χ0) is 31.6. The second-order valence-corrected chi connectivity index (χ2v) is 11.7. The highest BCUT2D eigenvalue weighted by Crippen LogP contribution is 2.37. The predicted octanol–water partition coefficient (Wildman–Crippen LogP) is 3.94. The summed E-state index contributed by atoms with van der Waals surface area (Å²) in [6, 6.07) is 29.8. The Bertz CT molecular complexity index is 1740. The number of carbonyl (C=O) groups excluding carboxylic acids is 4. The molecule has 0 aromatic heterocycles. The number of nitrogens with one attached hydrogen (secondary N) is 2. The Morgan fingerprint density at radius 2 is 1.62 bits per heavy atom. The minimum Gasteiger partial charge on any atom is -0.427 e. The maximum atomic E-state index is 15.0. The number of piperazine rings is 1. The molecule has 0 bridgehead atoms. The lowest BCUT2D eigenvalue weighted by molar-refractivity contribution is -0.182. The van der Waals surface area contributed by atoms with Gasteiger partial charge in [0.2, 0.25) is 11.4 Å². The number of nitrogens with zero attached hydrogens (tertiary/aromatic N) is 2. The first-order valence-corrected chi connectivity index (χ1v) is 15.2. The van der Waals surface area contributed by atoms with Crippen LogP contribution in [0.4, 0.5) is 0 Å². The van der Waals surface area contributed by atoms with E-state index in [1.54, 1.807) is 29.2 Å². The van der Waals surface area contributed by atoms with Crippen molar-refractivity contribution in [3.8, 4) is 5.75 Å². The van der Waals surface area contributed by atoms with Gasteiger partial charge in [0, 0.05) is 39.4 Å². The first kappa shape index (κ1) is 30.0. The average molecular weight is 605 g/mol. The zero-order valence-electron chi connectivity index (χ0n) is 25.4. The van der Waals surface area contributed by atoms with Crippen LogP contribution in [0.15, 0.2) is 97.1 Å². The standard InChI is InChI=1S/C36H36N4O5/c1-24-33-37-20-19-32(42)40(33)36(34(43)38-22-27-9-4-3-5-10-27,21-26-15-17-30(18-16-26)45-25(2)41)35(44)39(24)23-29-13-8-12-28-11-6-7-14-31(28)29/h3-18,24,33,37H,19-23H2,1-2H3,(H,38,43)/t24-,33?,36-/m0/s1. The fourth-order valence-corrected chi connectivity index (χ4v) is 6.56. The van der Waals surface area contributed by atoms with Crippen LogP contribution in [-0.4, -0.2) is 57.8 Å². The highest BCUT2D eigenvalue weighted by atomic mass is 16.5. The molecule has 0 saturated carbocycles. The number of ether oxygens (including phenoxy) is 1. The van der Waals surface area contributed by atoms with Crippen molar-refractivity contribution in [3.05, 3.63) is 114 Å². The van der Waals surface area contributed by atoms with Gasteiger partial charge in [-0.2, -0.15) is 0 Å². The monoisotopic (exact) mass is 604 g/mol. The normalized spacial score (nSPS) is 21.4. The third-order valence-electron chi connectivity index (χ3n) is 8.75. The van der Waals surface area contributed by atoms with Gasteiger partial charge >= 0.3 is 5.97 Å². The maximum absolute atomic E-state index is 15.0. The topological polar surface area (TPSA) is 108 Å². The SMILES string of the molecule is CC(=O)Oc1ccc(C[C@]2(C(=O)NCc3ccccc3)C(=O)N(Cc3cccc4ccccc34)[C@@H](C)C3NCCC(=O)N32)cc1. The van der Waals surface area contributed by atoms with Crippen LogP contribution in [0.3, 0.4) is 0 Å². The van der Waals surface area contributed by atoms with Gasteiger partial charge in [-0.1, -0.05) is 84.9 Å². The van der Waals surface area contributed by atoms with E-state index < -0.39 is 35.5 Å². The van der Waals surface area contributed by atoms with Gasteiger partial charge in [-0.15, -0.1) is 0 Å². The van der Waals surface area contributed by atoms with E-state index in [0.29, 0.717) is 17.9 Å². The predicted molar refractivity (Wildman–Crippen MR) is 170 cm³/mol. The molecule has 0 aliphatic carbocycles. The number of rotatable bonds is 8. The molecule has 2 aliphatic rings. The van der Waals surface area contributed by atoms with E-state index >= 15 is 4.79 Å². The molecule has 9 nitrogen and oxygen atoms in total. The molecule has 2 saturated heterocycles. The number of carbonyl (C=O) groups is 4. The highest BCUT2D eigenvalue weighted by Gasteiger charge is 2.62. The molecule has 4 aromatic carbocycles. The summed E-state index contributed by atoms with van der Waals surface area (Å²) >= 11 is 0. The second kappa shape index (κ2) is 12.5. The van der Waals surface area contributed by atoms with Gasteiger partial charge in [0.25, 0.3) is 11.8 Å². The lowest BCUT2D eigenvalue weighted by atomic mass is 9.80. The molecular weight excluding hydrogens is 568 g/mol. The Balaban J connectivity index is 1.45. The molecule has 2 N–H and O–H groups in total. The fraction of sp³-hybridized carbons (Fsp3) is 0.278. The van der Waals surface area contributed by atoms with Gasteiger partial charge in [-0.3, -0.25) is 24.5 Å². The van der Waals surface area contributed by atoms with Gasteiger partial charge in [-0.25, -0.2) is 0 Å². The van der Waals surface area contributed by atoms with Crippen molar-refractivity contribution in [1.82, 2.24) is 20.4 Å². The van der Waals surface area contributed by atoms with Crippen molar-refractivity contribution in [1.29, 1.82) is 0 Å². The van der Waals surface area contributed by atoms with E-state index in [9.17, 15) is 14.4 Å². The Labute approximate surface area is 262 Å². The summed E-state index contributed by atoms with van der Waals surface area (Å²) in [4.78, 5) is 58.2. The van der Waals surface area contributed by atoms with Crippen LogP contribution >= 0.6 is 0 Å². The fourth-order valence-electron chi connectivity index (χ4n) is 6.56. The average Bonchev–Trinajstić information content (AvgIpc) is 3.05. The Morgan fingerprint density at radius 3 is 2.38 bits per heavy atom. The van der Waals surface area contributed by atoms with E-state index in [4.69, 9.17) is 4.74 Å². The molecule has 9 heteroatoms. The third kappa shape index (κ3) is 5.79. The smallest absolute Gasteiger partial charge is 0.308 e. The van der Waals surface area contributed by atoms with Crippen molar-refractivity contribution >= 4 is 34.5 Å². The summed E-state index contributed by atoms with van der Waals surface area (Å²) in [5.74, 6) is -1.34. The van der Waals surface area contributed by atoms with Gasteiger partial charge in [0.15, 0.2) is 0 Å². The third-order valence-corrected chi connectivity index (χ3v) is 8.75. The molecule has 230 valence electrons. The molecule has 45 heavy (non-hydrogen) atoms. The van der Waals surface area contributed by atoms with Crippen LogP contribution in [0.2, 0.25) is 0 Å². The Hall–Kier alpha value is -5.02. The number of hydrogen-bond acceptors (Lipinski definition) is 6. The van der Waals surface area contributed by atoms with E-state index in [1.165, 1.54) is 11.8 Å². The largest absolute Gasteiger partial charge is 0.427 e. The number of esters is 1. The summed E-state index contributed by atoms with van der Waals surface area (Å²) in [6.45, 7) is 4.15. The van der Waals surface area contributed by atoms with Crippen LogP contribution in [0.25, 0.3) is 10.8 Å². The van der Waals surface area contributed by atoms with E-state index in [-0.39, 0.29) is 31.8 Å². The minimum atomic E-state index is -1.87. The molecule has 4 aromatic rings. The van der Waals surface area contributed by atoms with Crippen LogP contribution < -0.4 is 15.4 Å². The first-order chi connectivity index (χ1) is 21.8. The van der Waals surface area contributed by atoms with E-state index in [1.807, 2.05) is 79.7 Å². The molecule has 2 fully saturated rings. The van der Waals surface area contributed by atoms with Crippen LogP contribution in [0.1, 0.15) is 37.0 Å². The van der Waals surface area contributed by atoms with Crippen molar-refractivity contribution in [2.45, 2.75) is 57.5 Å². The summed E-state index contributed by atoms with van der Waals surface area (Å²) < 4.78 is 5.21. The second-order valence-electron chi connectivity index (χ2n) is 11.7. The van der Waals surface area contributed by atoms with Crippen molar-refractivity contribution < 1.29 is 23.9 Å². The molecule has 1 unspecified atom stereocenters. The van der Waals surface area contributed by atoms with Gasteiger partial charge < -0.3 is 19.9 Å². The van der Waals surface area contributed by atoms with Gasteiger partial charge in [0.1, 0.15) is 11.9 Å². The summed E-state index contributed by atoms with van der Waals surface area (Å²) in [7, 11) is 0. The molecule has 0 radical (unpaired) electrons. The molecule has 0 spiro atoms. The lowest BCUT2D eigenvalue weighted by Gasteiger charge is -2.57. The molecule has 2 heterocycles. The number of benzene rings is 4. The first-order valence-electron chi connectivity index (χ1n) is 15.2. The Morgan fingerprint density at radius 1 is 0.911 bits per heavy atom. The van der Waals surface area contributed by atoms with E-state index in [0.717, 1.165) is 21.9 Å². The molecule has 3 amide bonds.